The van der Waals surface area contributed by atoms with Crippen LogP contribution in [0.3, 0.4) is 0 Å². The zero-order valence-electron chi connectivity index (χ0n) is 7.58. The molecule has 1 atom stereocenters. The number of aliphatic carboxylic acids is 1. The summed E-state index contributed by atoms with van der Waals surface area (Å²) in [6.45, 7) is 4.16. The fraction of sp³-hybridized carbons (Fsp3) is 0.625. The lowest BCUT2D eigenvalue weighted by Crippen LogP contribution is -2.46. The Morgan fingerprint density at radius 3 is 2.69 bits per heavy atom. The summed E-state index contributed by atoms with van der Waals surface area (Å²) in [6, 6.07) is 0. The first-order valence-electron chi connectivity index (χ1n) is 4.39. The van der Waals surface area contributed by atoms with Crippen LogP contribution in [0.5, 0.6) is 0 Å². The summed E-state index contributed by atoms with van der Waals surface area (Å²) in [4.78, 5) is 10.7. The first kappa shape index (κ1) is 10.5. The molecule has 3 nitrogen and oxygen atoms in total. The second-order valence-electron chi connectivity index (χ2n) is 3.29. The molecule has 0 saturated carbocycles. The first-order chi connectivity index (χ1) is 6.12. The Hall–Kier alpha value is -0.548. The zero-order chi connectivity index (χ0) is 9.90. The van der Waals surface area contributed by atoms with Gasteiger partial charge in [-0.2, -0.15) is 0 Å². The molecule has 1 aliphatic rings. The van der Waals surface area contributed by atoms with Gasteiger partial charge in [0, 0.05) is 16.0 Å². The molecule has 0 spiro atoms. The summed E-state index contributed by atoms with van der Waals surface area (Å²) >= 11 is 0. The van der Waals surface area contributed by atoms with Gasteiger partial charge in [0.15, 0.2) is 0 Å². The van der Waals surface area contributed by atoms with E-state index in [4.69, 9.17) is 17.3 Å². The van der Waals surface area contributed by atoms with Crippen molar-refractivity contribution in [2.24, 2.45) is 0 Å². The minimum Gasteiger partial charge on any atom is -0.478 e. The van der Waals surface area contributed by atoms with Crippen LogP contribution in [-0.2, 0) is 9.53 Å². The minimum atomic E-state index is -1.03. The van der Waals surface area contributed by atoms with Crippen molar-refractivity contribution in [3.63, 3.8) is 0 Å². The molecule has 2 radical (unpaired) electrons. The average molecular weight is 196 g/mol. The molecule has 0 aromatic heterocycles. The molecule has 0 amide bonds. The van der Waals surface area contributed by atoms with Gasteiger partial charge >= 0.3 is 5.97 Å². The number of hydrogen-bond acceptors (Lipinski definition) is 2. The maximum atomic E-state index is 10.7. The zero-order valence-corrected chi connectivity index (χ0v) is 9.00. The molecule has 1 fully saturated rings. The van der Waals surface area contributed by atoms with Gasteiger partial charge in [-0.05, 0) is 19.3 Å². The summed E-state index contributed by atoms with van der Waals surface area (Å²) < 4.78 is 5.49. The van der Waals surface area contributed by atoms with Crippen LogP contribution < -0.4 is 0 Å². The Labute approximate surface area is 81.3 Å². The van der Waals surface area contributed by atoms with Gasteiger partial charge in [-0.25, -0.2) is 4.79 Å². The van der Waals surface area contributed by atoms with Gasteiger partial charge in [0.2, 0.25) is 0 Å². The van der Waals surface area contributed by atoms with Gasteiger partial charge in [0.25, 0.3) is 0 Å². The molecule has 0 aromatic rings. The van der Waals surface area contributed by atoms with Gasteiger partial charge in [-0.1, -0.05) is 6.58 Å². The van der Waals surface area contributed by atoms with Crippen LogP contribution in [0.25, 0.3) is 0 Å². The van der Waals surface area contributed by atoms with Crippen LogP contribution in [0, 0.1) is 0 Å². The predicted molar refractivity (Wildman–Crippen MR) is 53.6 cm³/mol. The first-order valence-corrected chi connectivity index (χ1v) is 5.91. The van der Waals surface area contributed by atoms with Crippen molar-refractivity contribution in [3.05, 3.63) is 12.2 Å². The fourth-order valence-electron chi connectivity index (χ4n) is 1.57. The van der Waals surface area contributed by atoms with Crippen molar-refractivity contribution >= 4 is 22.8 Å². The molecule has 1 N–H and O–H groups in total. The van der Waals surface area contributed by atoms with Crippen LogP contribution in [0.4, 0.5) is 0 Å². The summed E-state index contributed by atoms with van der Waals surface area (Å²) in [6.07, 6.45) is 2.69. The number of rotatable bonds is 3. The molecule has 1 unspecified atom stereocenters. The lowest BCUT2D eigenvalue weighted by Gasteiger charge is -2.37. The second kappa shape index (κ2) is 4.11. The van der Waals surface area contributed by atoms with Crippen molar-refractivity contribution in [3.8, 4) is 0 Å². The third kappa shape index (κ3) is 2.03. The number of carboxylic acid groups (broad SMARTS) is 1. The molecule has 13 heavy (non-hydrogen) atoms. The van der Waals surface area contributed by atoms with Crippen molar-refractivity contribution in [1.82, 2.24) is 0 Å². The topological polar surface area (TPSA) is 46.5 Å². The Morgan fingerprint density at radius 1 is 1.62 bits per heavy atom. The normalized spacial score (nSPS) is 29.2. The number of carbonyl (C=O) groups is 1. The minimum absolute atomic E-state index is 0.140. The summed E-state index contributed by atoms with van der Waals surface area (Å²) in [5, 5.41) is 8.14. The largest absolute Gasteiger partial charge is 0.478 e. The highest BCUT2D eigenvalue weighted by molar-refractivity contribution is 6.91. The third-order valence-electron chi connectivity index (χ3n) is 2.49. The van der Waals surface area contributed by atoms with E-state index in [-0.39, 0.29) is 5.57 Å². The summed E-state index contributed by atoms with van der Waals surface area (Å²) in [7, 11) is 4.64. The molecule has 0 aliphatic carbocycles. The SMILES string of the molecule is [B][SiH2]C1(C(=C)C(=O)O)CCCCO1. The number of ether oxygens (including phenoxy) is 1. The van der Waals surface area contributed by atoms with Gasteiger partial charge in [-0.3, -0.25) is 0 Å². The third-order valence-corrected chi connectivity index (χ3v) is 4.14. The molecular formula is C8H13BO3Si. The van der Waals surface area contributed by atoms with Crippen LogP contribution >= 0.6 is 0 Å². The van der Waals surface area contributed by atoms with E-state index in [1.807, 2.05) is 0 Å². The molecule has 1 heterocycles. The van der Waals surface area contributed by atoms with Crippen molar-refractivity contribution in [1.29, 1.82) is 0 Å². The van der Waals surface area contributed by atoms with E-state index in [2.05, 4.69) is 6.58 Å². The van der Waals surface area contributed by atoms with E-state index in [1.165, 1.54) is 0 Å². The number of carboxylic acids is 1. The van der Waals surface area contributed by atoms with E-state index < -0.39 is 20.6 Å². The standard InChI is InChI=1S/C8H13BO3Si/c1-6(7(10)11)8(13-9)4-2-3-5-12-8/h1-5,13H2,(H,10,11). The summed E-state index contributed by atoms with van der Waals surface area (Å²) in [5.41, 5.74) is 0.140. The lowest BCUT2D eigenvalue weighted by atomic mass is 10.0. The van der Waals surface area contributed by atoms with Crippen LogP contribution in [0.2, 0.25) is 0 Å². The summed E-state index contributed by atoms with van der Waals surface area (Å²) in [5.74, 6) is -0.986. The van der Waals surface area contributed by atoms with Crippen molar-refractivity contribution < 1.29 is 14.6 Å². The molecular weight excluding hydrogens is 183 g/mol. The van der Waals surface area contributed by atoms with Crippen LogP contribution in [-0.4, -0.2) is 39.7 Å². The Kier molecular flexibility index (Phi) is 3.33. The molecule has 70 valence electrons. The average Bonchev–Trinajstić information content (AvgIpc) is 2.17. The fourth-order valence-corrected chi connectivity index (χ4v) is 2.68. The Bertz CT molecular complexity index is 223. The lowest BCUT2D eigenvalue weighted by molar-refractivity contribution is -0.135. The smallest absolute Gasteiger partial charge is 0.333 e. The van der Waals surface area contributed by atoms with Gasteiger partial charge in [-0.15, -0.1) is 0 Å². The molecule has 1 aliphatic heterocycles. The monoisotopic (exact) mass is 196 g/mol. The molecule has 0 aromatic carbocycles. The maximum Gasteiger partial charge on any atom is 0.333 e. The van der Waals surface area contributed by atoms with Gasteiger partial charge < -0.3 is 9.84 Å². The Balaban J connectivity index is 2.78. The number of hydrogen-bond donors (Lipinski definition) is 1. The molecule has 5 heteroatoms. The maximum absolute atomic E-state index is 10.7. The van der Waals surface area contributed by atoms with E-state index in [9.17, 15) is 4.79 Å². The van der Waals surface area contributed by atoms with Crippen molar-refractivity contribution in [2.75, 3.05) is 6.61 Å². The van der Waals surface area contributed by atoms with E-state index >= 15 is 0 Å². The molecule has 1 rings (SSSR count). The van der Waals surface area contributed by atoms with Crippen LogP contribution in [0.1, 0.15) is 19.3 Å². The predicted octanol–water partition coefficient (Wildman–Crippen LogP) is -0.224. The quantitative estimate of drug-likeness (QED) is 0.501. The second-order valence-corrected chi connectivity index (χ2v) is 4.84. The van der Waals surface area contributed by atoms with E-state index in [0.717, 1.165) is 19.3 Å². The highest BCUT2D eigenvalue weighted by Crippen LogP contribution is 2.29. The molecule has 0 bridgehead atoms. The van der Waals surface area contributed by atoms with Crippen molar-refractivity contribution in [2.45, 2.75) is 24.5 Å². The van der Waals surface area contributed by atoms with E-state index in [1.54, 1.807) is 0 Å². The van der Waals surface area contributed by atoms with Crippen LogP contribution in [0.15, 0.2) is 12.2 Å². The highest BCUT2D eigenvalue weighted by Gasteiger charge is 2.37. The van der Waals surface area contributed by atoms with Gasteiger partial charge in [0.05, 0.1) is 18.2 Å². The van der Waals surface area contributed by atoms with Gasteiger partial charge in [0.1, 0.15) is 0 Å². The Morgan fingerprint density at radius 2 is 2.31 bits per heavy atom. The van der Waals surface area contributed by atoms with E-state index in [0.29, 0.717) is 6.61 Å². The molecule has 1 saturated heterocycles. The highest BCUT2D eigenvalue weighted by atomic mass is 28.2.